The summed E-state index contributed by atoms with van der Waals surface area (Å²) in [7, 11) is 1.76. The van der Waals surface area contributed by atoms with Gasteiger partial charge < -0.3 is 15.5 Å². The van der Waals surface area contributed by atoms with E-state index in [0.29, 0.717) is 23.5 Å². The average Bonchev–Trinajstić information content (AvgIpc) is 2.60. The average molecular weight is 338 g/mol. The lowest BCUT2D eigenvalue weighted by Gasteiger charge is -2.38. The SMILES string of the molecule is CNCC(=O)N[C@@H]1C[C@H](C)CN(c2ccc(C#N)c3nccnc23)C1. The number of hydrogen-bond donors (Lipinski definition) is 2. The van der Waals surface area contributed by atoms with Crippen molar-refractivity contribution in [3.63, 3.8) is 0 Å². The standard InChI is InChI=1S/C18H22N6O/c1-12-7-14(23-16(25)9-20-2)11-24(10-12)15-4-3-13(8-19)17-18(15)22-6-5-21-17/h3-6,12,14,20H,7,9-11H2,1-2H3,(H,23,25)/t12-,14+/m0/s1. The summed E-state index contributed by atoms with van der Waals surface area (Å²) in [5, 5.41) is 15.2. The number of aromatic nitrogens is 2. The molecule has 7 heteroatoms. The normalized spacial score (nSPS) is 20.3. The lowest BCUT2D eigenvalue weighted by molar-refractivity contribution is -0.120. The minimum atomic E-state index is 0.00558. The van der Waals surface area contributed by atoms with Crippen LogP contribution in [0.5, 0.6) is 0 Å². The molecule has 2 aromatic rings. The Hall–Kier alpha value is -2.72. The summed E-state index contributed by atoms with van der Waals surface area (Å²) >= 11 is 0. The number of carbonyl (C=O) groups is 1. The number of nitriles is 1. The third-order valence-electron chi connectivity index (χ3n) is 4.43. The van der Waals surface area contributed by atoms with Gasteiger partial charge in [-0.15, -0.1) is 0 Å². The molecule has 1 aromatic carbocycles. The summed E-state index contributed by atoms with van der Waals surface area (Å²) in [6.45, 7) is 4.10. The van der Waals surface area contributed by atoms with Crippen molar-refractivity contribution in [3.8, 4) is 6.07 Å². The first-order chi connectivity index (χ1) is 12.1. The third kappa shape index (κ3) is 3.69. The molecule has 0 spiro atoms. The molecular formula is C18H22N6O. The van der Waals surface area contributed by atoms with Crippen LogP contribution in [0.3, 0.4) is 0 Å². The Balaban J connectivity index is 1.89. The zero-order valence-electron chi connectivity index (χ0n) is 14.5. The van der Waals surface area contributed by atoms with Crippen LogP contribution in [0.4, 0.5) is 5.69 Å². The number of amides is 1. The number of nitrogens with zero attached hydrogens (tertiary/aromatic N) is 4. The number of carbonyl (C=O) groups excluding carboxylic acids is 1. The molecule has 0 aliphatic carbocycles. The Kier molecular flexibility index (Phi) is 5.10. The molecular weight excluding hydrogens is 316 g/mol. The fourth-order valence-corrected chi connectivity index (χ4v) is 3.48. The van der Waals surface area contributed by atoms with Crippen LogP contribution in [0.25, 0.3) is 11.0 Å². The molecule has 2 atom stereocenters. The van der Waals surface area contributed by atoms with E-state index in [9.17, 15) is 10.1 Å². The number of piperidine rings is 1. The Bertz CT molecular complexity index is 815. The van der Waals surface area contributed by atoms with Gasteiger partial charge in [-0.25, -0.2) is 0 Å². The van der Waals surface area contributed by atoms with Crippen LogP contribution >= 0.6 is 0 Å². The van der Waals surface area contributed by atoms with Crippen molar-refractivity contribution in [1.29, 1.82) is 5.26 Å². The van der Waals surface area contributed by atoms with Crippen molar-refractivity contribution < 1.29 is 4.79 Å². The highest BCUT2D eigenvalue weighted by atomic mass is 16.2. The molecule has 1 saturated heterocycles. The highest BCUT2D eigenvalue weighted by molar-refractivity contribution is 5.92. The maximum absolute atomic E-state index is 11.9. The molecule has 3 rings (SSSR count). The number of nitrogens with one attached hydrogen (secondary N) is 2. The molecule has 1 amide bonds. The smallest absolute Gasteiger partial charge is 0.234 e. The van der Waals surface area contributed by atoms with Gasteiger partial charge in [0.2, 0.25) is 5.91 Å². The van der Waals surface area contributed by atoms with Gasteiger partial charge in [-0.2, -0.15) is 5.26 Å². The van der Waals surface area contributed by atoms with Crippen molar-refractivity contribution in [1.82, 2.24) is 20.6 Å². The second kappa shape index (κ2) is 7.45. The number of likely N-dealkylation sites (N-methyl/N-ethyl adjacent to an activating group) is 1. The van der Waals surface area contributed by atoms with Gasteiger partial charge >= 0.3 is 0 Å². The van der Waals surface area contributed by atoms with Crippen molar-refractivity contribution >= 4 is 22.6 Å². The number of rotatable bonds is 4. The second-order valence-corrected chi connectivity index (χ2v) is 6.54. The summed E-state index contributed by atoms with van der Waals surface area (Å²) in [5.41, 5.74) is 2.84. The first-order valence-corrected chi connectivity index (χ1v) is 8.45. The minimum Gasteiger partial charge on any atom is -0.367 e. The van der Waals surface area contributed by atoms with Crippen LogP contribution in [-0.2, 0) is 4.79 Å². The third-order valence-corrected chi connectivity index (χ3v) is 4.43. The van der Waals surface area contributed by atoms with Gasteiger partial charge in [0.1, 0.15) is 17.1 Å². The number of benzene rings is 1. The van der Waals surface area contributed by atoms with Crippen LogP contribution < -0.4 is 15.5 Å². The molecule has 0 radical (unpaired) electrons. The Morgan fingerprint density at radius 1 is 1.32 bits per heavy atom. The molecule has 1 aliphatic heterocycles. The van der Waals surface area contributed by atoms with Gasteiger partial charge in [0.15, 0.2) is 0 Å². The molecule has 2 heterocycles. The van der Waals surface area contributed by atoms with E-state index in [4.69, 9.17) is 0 Å². The lowest BCUT2D eigenvalue weighted by Crippen LogP contribution is -2.51. The van der Waals surface area contributed by atoms with Crippen LogP contribution in [0, 0.1) is 17.2 Å². The maximum atomic E-state index is 11.9. The summed E-state index contributed by atoms with van der Waals surface area (Å²) in [5.74, 6) is 0.446. The molecule has 0 saturated carbocycles. The van der Waals surface area contributed by atoms with Crippen LogP contribution in [0.15, 0.2) is 24.5 Å². The summed E-state index contributed by atoms with van der Waals surface area (Å²) in [6, 6.07) is 5.99. The fourth-order valence-electron chi connectivity index (χ4n) is 3.48. The Morgan fingerprint density at radius 2 is 2.08 bits per heavy atom. The van der Waals surface area contributed by atoms with Gasteiger partial charge in [0.25, 0.3) is 0 Å². The van der Waals surface area contributed by atoms with E-state index in [2.05, 4.69) is 38.5 Å². The first kappa shape index (κ1) is 17.1. The minimum absolute atomic E-state index is 0.00558. The zero-order valence-corrected chi connectivity index (χ0v) is 14.5. The molecule has 0 bridgehead atoms. The maximum Gasteiger partial charge on any atom is 0.234 e. The summed E-state index contributed by atoms with van der Waals surface area (Å²) in [6.07, 6.45) is 4.20. The van der Waals surface area contributed by atoms with E-state index in [1.165, 1.54) is 0 Å². The van der Waals surface area contributed by atoms with Gasteiger partial charge in [-0.05, 0) is 31.5 Å². The van der Waals surface area contributed by atoms with E-state index in [1.807, 2.05) is 6.07 Å². The van der Waals surface area contributed by atoms with E-state index in [0.717, 1.165) is 30.7 Å². The molecule has 1 fully saturated rings. The summed E-state index contributed by atoms with van der Waals surface area (Å²) in [4.78, 5) is 22.9. The quantitative estimate of drug-likeness (QED) is 0.865. The molecule has 1 aliphatic rings. The monoisotopic (exact) mass is 338 g/mol. The zero-order chi connectivity index (χ0) is 17.8. The highest BCUT2D eigenvalue weighted by Gasteiger charge is 2.27. The van der Waals surface area contributed by atoms with Crippen LogP contribution in [0.2, 0.25) is 0 Å². The molecule has 0 unspecified atom stereocenters. The first-order valence-electron chi connectivity index (χ1n) is 8.45. The van der Waals surface area contributed by atoms with E-state index in [1.54, 1.807) is 25.5 Å². The van der Waals surface area contributed by atoms with Gasteiger partial charge in [0.05, 0.1) is 17.8 Å². The number of hydrogen-bond acceptors (Lipinski definition) is 6. The predicted octanol–water partition coefficient (Wildman–Crippen LogP) is 1.05. The largest absolute Gasteiger partial charge is 0.367 e. The van der Waals surface area contributed by atoms with Crippen molar-refractivity contribution in [2.45, 2.75) is 19.4 Å². The highest BCUT2D eigenvalue weighted by Crippen LogP contribution is 2.29. The lowest BCUT2D eigenvalue weighted by atomic mass is 9.95. The van der Waals surface area contributed by atoms with Gasteiger partial charge in [0, 0.05) is 31.5 Å². The van der Waals surface area contributed by atoms with E-state index in [-0.39, 0.29) is 11.9 Å². The topological polar surface area (TPSA) is 93.9 Å². The molecule has 1 aromatic heterocycles. The van der Waals surface area contributed by atoms with Crippen LogP contribution in [-0.4, -0.2) is 48.6 Å². The van der Waals surface area contributed by atoms with Crippen LogP contribution in [0.1, 0.15) is 18.9 Å². The number of fused-ring (bicyclic) bond motifs is 1. The Morgan fingerprint density at radius 3 is 2.80 bits per heavy atom. The van der Waals surface area contributed by atoms with Crippen molar-refractivity contribution in [2.75, 3.05) is 31.6 Å². The Labute approximate surface area is 147 Å². The predicted molar refractivity (Wildman–Crippen MR) is 96.1 cm³/mol. The van der Waals surface area contributed by atoms with Crippen molar-refractivity contribution in [3.05, 3.63) is 30.1 Å². The van der Waals surface area contributed by atoms with Gasteiger partial charge in [-0.1, -0.05) is 6.92 Å². The molecule has 25 heavy (non-hydrogen) atoms. The van der Waals surface area contributed by atoms with E-state index >= 15 is 0 Å². The number of anilines is 1. The van der Waals surface area contributed by atoms with Gasteiger partial charge in [-0.3, -0.25) is 14.8 Å². The fraction of sp³-hybridized carbons (Fsp3) is 0.444. The molecule has 7 nitrogen and oxygen atoms in total. The summed E-state index contributed by atoms with van der Waals surface area (Å²) < 4.78 is 0. The van der Waals surface area contributed by atoms with Crippen molar-refractivity contribution in [2.24, 2.45) is 5.92 Å². The molecule has 130 valence electrons. The second-order valence-electron chi connectivity index (χ2n) is 6.54. The molecule has 2 N–H and O–H groups in total. The van der Waals surface area contributed by atoms with E-state index < -0.39 is 0 Å².